The van der Waals surface area contributed by atoms with Crippen molar-refractivity contribution in [2.45, 2.75) is 20.5 Å². The van der Waals surface area contributed by atoms with Crippen molar-refractivity contribution in [1.29, 1.82) is 0 Å². The Morgan fingerprint density at radius 3 is 2.79 bits per heavy atom. The van der Waals surface area contributed by atoms with E-state index in [1.54, 1.807) is 12.1 Å². The largest absolute Gasteiger partial charge is 0.377 e. The van der Waals surface area contributed by atoms with Gasteiger partial charge in [0.05, 0.1) is 6.61 Å². The molecule has 0 aliphatic rings. The van der Waals surface area contributed by atoms with Crippen molar-refractivity contribution < 1.29 is 9.53 Å². The Morgan fingerprint density at radius 1 is 1.50 bits per heavy atom. The van der Waals surface area contributed by atoms with E-state index < -0.39 is 0 Å². The molecule has 1 aromatic rings. The molecule has 0 amide bonds. The summed E-state index contributed by atoms with van der Waals surface area (Å²) in [7, 11) is 0. The highest BCUT2D eigenvalue weighted by atomic mass is 35.5. The van der Waals surface area contributed by atoms with Crippen LogP contribution in [0.15, 0.2) is 18.2 Å². The molecule has 1 rings (SSSR count). The molecule has 0 heterocycles. The van der Waals surface area contributed by atoms with E-state index in [2.05, 4.69) is 0 Å². The molecule has 0 radical (unpaired) electrons. The lowest BCUT2D eigenvalue weighted by atomic mass is 10.1. The first-order valence-electron chi connectivity index (χ1n) is 4.52. The Morgan fingerprint density at radius 2 is 2.21 bits per heavy atom. The highest BCUT2D eigenvalue weighted by molar-refractivity contribution is 6.31. The first kappa shape index (κ1) is 11.2. The fourth-order valence-electron chi connectivity index (χ4n) is 1.21. The van der Waals surface area contributed by atoms with Gasteiger partial charge in [0.1, 0.15) is 0 Å². The number of carbonyl (C=O) groups is 1. The molecule has 0 aromatic heterocycles. The van der Waals surface area contributed by atoms with E-state index in [0.29, 0.717) is 23.8 Å². The van der Waals surface area contributed by atoms with Gasteiger partial charge in [-0.1, -0.05) is 17.7 Å². The molecule has 0 bridgehead atoms. The molecule has 14 heavy (non-hydrogen) atoms. The average molecular weight is 213 g/mol. The predicted octanol–water partition coefficient (Wildman–Crippen LogP) is 3.08. The molecule has 0 unspecified atom stereocenters. The average Bonchev–Trinajstić information content (AvgIpc) is 2.15. The third-order valence-electron chi connectivity index (χ3n) is 1.91. The summed E-state index contributed by atoms with van der Waals surface area (Å²) in [4.78, 5) is 11.3. The van der Waals surface area contributed by atoms with Gasteiger partial charge >= 0.3 is 0 Å². The van der Waals surface area contributed by atoms with Gasteiger partial charge in [-0.05, 0) is 31.5 Å². The number of carbonyl (C=O) groups excluding carboxylic acids is 1. The van der Waals surface area contributed by atoms with Gasteiger partial charge in [0.15, 0.2) is 5.78 Å². The Hall–Kier alpha value is -0.860. The Kier molecular flexibility index (Phi) is 4.11. The zero-order chi connectivity index (χ0) is 10.6. The first-order valence-corrected chi connectivity index (χ1v) is 4.90. The smallest absolute Gasteiger partial charge is 0.160 e. The third-order valence-corrected chi connectivity index (χ3v) is 2.15. The van der Waals surface area contributed by atoms with E-state index in [0.717, 1.165) is 5.56 Å². The quantitative estimate of drug-likeness (QED) is 0.717. The molecule has 0 saturated heterocycles. The number of hydrogen-bond acceptors (Lipinski definition) is 2. The normalized spacial score (nSPS) is 10.2. The van der Waals surface area contributed by atoms with E-state index in [9.17, 15) is 4.79 Å². The predicted molar refractivity (Wildman–Crippen MR) is 56.8 cm³/mol. The minimum atomic E-state index is 0.0159. The second-order valence-electron chi connectivity index (χ2n) is 2.99. The molecular formula is C11H13ClO2. The summed E-state index contributed by atoms with van der Waals surface area (Å²) in [5.74, 6) is 0.0159. The minimum Gasteiger partial charge on any atom is -0.377 e. The minimum absolute atomic E-state index is 0.0159. The number of Topliss-reactive ketones (excluding diaryl/α,β-unsaturated/α-hetero) is 1. The topological polar surface area (TPSA) is 26.3 Å². The second kappa shape index (κ2) is 5.13. The van der Waals surface area contributed by atoms with Crippen molar-refractivity contribution in [3.63, 3.8) is 0 Å². The summed E-state index contributed by atoms with van der Waals surface area (Å²) in [6.45, 7) is 4.55. The van der Waals surface area contributed by atoms with E-state index in [-0.39, 0.29) is 5.78 Å². The molecule has 0 saturated carbocycles. The van der Waals surface area contributed by atoms with Gasteiger partial charge in [0.25, 0.3) is 0 Å². The van der Waals surface area contributed by atoms with Crippen LogP contribution >= 0.6 is 11.6 Å². The van der Waals surface area contributed by atoms with Gasteiger partial charge in [-0.2, -0.15) is 0 Å². The maximum Gasteiger partial charge on any atom is 0.160 e. The van der Waals surface area contributed by atoms with E-state index >= 15 is 0 Å². The van der Waals surface area contributed by atoms with Crippen LogP contribution in [0.4, 0.5) is 0 Å². The van der Waals surface area contributed by atoms with Crippen molar-refractivity contribution in [2.24, 2.45) is 0 Å². The molecule has 0 N–H and O–H groups in total. The number of ketones is 1. The van der Waals surface area contributed by atoms with Crippen LogP contribution in [0, 0.1) is 0 Å². The molecule has 0 fully saturated rings. The number of benzene rings is 1. The van der Waals surface area contributed by atoms with Gasteiger partial charge in [-0.3, -0.25) is 4.79 Å². The highest BCUT2D eigenvalue weighted by Crippen LogP contribution is 2.17. The van der Waals surface area contributed by atoms with Crippen molar-refractivity contribution in [3.05, 3.63) is 34.3 Å². The SMILES string of the molecule is CCOCc1ccc(Cl)cc1C(C)=O. The lowest BCUT2D eigenvalue weighted by Gasteiger charge is -2.07. The van der Waals surface area contributed by atoms with Crippen LogP contribution < -0.4 is 0 Å². The fourth-order valence-corrected chi connectivity index (χ4v) is 1.39. The van der Waals surface area contributed by atoms with Gasteiger partial charge in [0, 0.05) is 17.2 Å². The van der Waals surface area contributed by atoms with Gasteiger partial charge in [-0.25, -0.2) is 0 Å². The van der Waals surface area contributed by atoms with Crippen LogP contribution in [-0.4, -0.2) is 12.4 Å². The van der Waals surface area contributed by atoms with Crippen molar-refractivity contribution in [2.75, 3.05) is 6.61 Å². The van der Waals surface area contributed by atoms with E-state index in [1.165, 1.54) is 6.92 Å². The Bertz CT molecular complexity index is 334. The first-order chi connectivity index (χ1) is 6.65. The molecule has 0 spiro atoms. The van der Waals surface area contributed by atoms with E-state index in [1.807, 2.05) is 13.0 Å². The summed E-state index contributed by atoms with van der Waals surface area (Å²) in [6, 6.07) is 5.27. The summed E-state index contributed by atoms with van der Waals surface area (Å²) in [5, 5.41) is 0.579. The maximum absolute atomic E-state index is 11.3. The summed E-state index contributed by atoms with van der Waals surface area (Å²) in [5.41, 5.74) is 1.54. The summed E-state index contributed by atoms with van der Waals surface area (Å²) in [6.07, 6.45) is 0. The van der Waals surface area contributed by atoms with Crippen molar-refractivity contribution in [3.8, 4) is 0 Å². The zero-order valence-electron chi connectivity index (χ0n) is 8.34. The molecular weight excluding hydrogens is 200 g/mol. The summed E-state index contributed by atoms with van der Waals surface area (Å²) >= 11 is 5.80. The van der Waals surface area contributed by atoms with Crippen LogP contribution in [0.3, 0.4) is 0 Å². The van der Waals surface area contributed by atoms with Crippen LogP contribution in [0.2, 0.25) is 5.02 Å². The van der Waals surface area contributed by atoms with Gasteiger partial charge < -0.3 is 4.74 Å². The molecule has 0 aliphatic carbocycles. The standard InChI is InChI=1S/C11H13ClO2/c1-3-14-7-9-4-5-10(12)6-11(9)8(2)13/h4-6H,3,7H2,1-2H3. The molecule has 1 aromatic carbocycles. The molecule has 76 valence electrons. The number of rotatable bonds is 4. The monoisotopic (exact) mass is 212 g/mol. The molecule has 0 atom stereocenters. The lowest BCUT2D eigenvalue weighted by Crippen LogP contribution is -2.01. The van der Waals surface area contributed by atoms with Crippen LogP contribution in [0.25, 0.3) is 0 Å². The molecule has 2 nitrogen and oxygen atoms in total. The maximum atomic E-state index is 11.3. The van der Waals surface area contributed by atoms with Crippen molar-refractivity contribution >= 4 is 17.4 Å². The highest BCUT2D eigenvalue weighted by Gasteiger charge is 2.07. The Balaban J connectivity index is 2.96. The number of hydrogen-bond donors (Lipinski definition) is 0. The lowest BCUT2D eigenvalue weighted by molar-refractivity contribution is 0.100. The fraction of sp³-hybridized carbons (Fsp3) is 0.364. The Labute approximate surface area is 88.8 Å². The van der Waals surface area contributed by atoms with Crippen molar-refractivity contribution in [1.82, 2.24) is 0 Å². The third kappa shape index (κ3) is 2.82. The van der Waals surface area contributed by atoms with Gasteiger partial charge in [0.2, 0.25) is 0 Å². The van der Waals surface area contributed by atoms with Crippen LogP contribution in [0.5, 0.6) is 0 Å². The summed E-state index contributed by atoms with van der Waals surface area (Å²) < 4.78 is 5.25. The number of halogens is 1. The second-order valence-corrected chi connectivity index (χ2v) is 3.43. The molecule has 0 aliphatic heterocycles. The van der Waals surface area contributed by atoms with Crippen LogP contribution in [0.1, 0.15) is 29.8 Å². The number of ether oxygens (including phenoxy) is 1. The van der Waals surface area contributed by atoms with Gasteiger partial charge in [-0.15, -0.1) is 0 Å². The van der Waals surface area contributed by atoms with E-state index in [4.69, 9.17) is 16.3 Å². The van der Waals surface area contributed by atoms with Crippen LogP contribution in [-0.2, 0) is 11.3 Å². The zero-order valence-corrected chi connectivity index (χ0v) is 9.10. The molecule has 3 heteroatoms.